The van der Waals surface area contributed by atoms with Crippen molar-refractivity contribution in [3.8, 4) is 11.5 Å². The molecule has 3 aromatic rings. The molecular weight excluding hydrogens is 424 g/mol. The monoisotopic (exact) mass is 439 g/mol. The smallest absolute Gasteiger partial charge is 0.387 e. The van der Waals surface area contributed by atoms with E-state index in [1.807, 2.05) is 0 Å². The molecule has 0 aliphatic carbocycles. The Hall–Kier alpha value is -2.91. The van der Waals surface area contributed by atoms with E-state index in [0.29, 0.717) is 27.0 Å². The fourth-order valence-electron chi connectivity index (χ4n) is 2.50. The number of nitrogen functional groups attached to an aromatic ring is 1. The molecule has 0 spiro atoms. The van der Waals surface area contributed by atoms with Gasteiger partial charge in [-0.15, -0.1) is 0 Å². The van der Waals surface area contributed by atoms with Crippen LogP contribution in [-0.4, -0.2) is 31.5 Å². The van der Waals surface area contributed by atoms with E-state index >= 15 is 0 Å². The van der Waals surface area contributed by atoms with Crippen molar-refractivity contribution in [2.75, 3.05) is 24.8 Å². The second-order valence-electron chi connectivity index (χ2n) is 5.82. The van der Waals surface area contributed by atoms with Crippen LogP contribution in [0.25, 0.3) is 0 Å². The quantitative estimate of drug-likeness (QED) is 0.523. The highest BCUT2D eigenvalue weighted by atomic mass is 35.5. The number of hydrogen-bond donors (Lipinski definition) is 1. The van der Waals surface area contributed by atoms with Crippen LogP contribution in [0, 0.1) is 0 Å². The van der Waals surface area contributed by atoms with Crippen LogP contribution in [0.4, 0.5) is 25.4 Å². The van der Waals surface area contributed by atoms with E-state index in [-0.39, 0.29) is 22.4 Å². The third-order valence-electron chi connectivity index (χ3n) is 4.01. The number of hydrogen-bond acceptors (Lipinski definition) is 7. The molecule has 3 rings (SSSR count). The van der Waals surface area contributed by atoms with E-state index in [4.69, 9.17) is 22.1 Å². The molecule has 0 saturated carbocycles. The summed E-state index contributed by atoms with van der Waals surface area (Å²) < 4.78 is 34.2. The molecule has 0 atom stereocenters. The van der Waals surface area contributed by atoms with Gasteiger partial charge in [0.2, 0.25) is 5.78 Å². The first-order valence-electron chi connectivity index (χ1n) is 8.23. The summed E-state index contributed by atoms with van der Waals surface area (Å²) in [5, 5.41) is 0.465. The zero-order valence-electron chi connectivity index (χ0n) is 15.4. The van der Waals surface area contributed by atoms with Crippen molar-refractivity contribution in [3.63, 3.8) is 0 Å². The first-order valence-corrected chi connectivity index (χ1v) is 9.42. The Kier molecular flexibility index (Phi) is 6.19. The zero-order chi connectivity index (χ0) is 21.1. The lowest BCUT2D eigenvalue weighted by Crippen LogP contribution is -2.09. The highest BCUT2D eigenvalue weighted by Gasteiger charge is 2.21. The van der Waals surface area contributed by atoms with E-state index < -0.39 is 6.61 Å². The first-order chi connectivity index (χ1) is 13.8. The van der Waals surface area contributed by atoms with Crippen molar-refractivity contribution in [2.45, 2.75) is 6.61 Å². The van der Waals surface area contributed by atoms with Crippen LogP contribution in [0.2, 0.25) is 5.02 Å². The summed E-state index contributed by atoms with van der Waals surface area (Å²) >= 11 is 7.12. The van der Waals surface area contributed by atoms with Crippen LogP contribution in [-0.2, 0) is 0 Å². The summed E-state index contributed by atoms with van der Waals surface area (Å²) in [7, 11) is 3.23. The number of ether oxygens (including phenoxy) is 2. The maximum Gasteiger partial charge on any atom is 0.387 e. The topological polar surface area (TPSA) is 77.7 Å². The van der Waals surface area contributed by atoms with Gasteiger partial charge in [-0.3, -0.25) is 4.79 Å². The van der Waals surface area contributed by atoms with Crippen LogP contribution in [0.3, 0.4) is 0 Å². The molecule has 1 aromatic heterocycles. The summed E-state index contributed by atoms with van der Waals surface area (Å²) in [6, 6.07) is 11.0. The number of carbonyl (C=O) groups excluding carboxylic acids is 1. The third-order valence-corrected chi connectivity index (χ3v) is 5.45. The van der Waals surface area contributed by atoms with E-state index in [1.54, 1.807) is 49.4 Å². The largest absolute Gasteiger partial charge is 0.497 e. The molecule has 0 unspecified atom stereocenters. The molecule has 0 fully saturated rings. The van der Waals surface area contributed by atoms with Crippen LogP contribution in [0.1, 0.15) is 15.2 Å². The lowest BCUT2D eigenvalue weighted by molar-refractivity contribution is -0.0497. The Balaban J connectivity index is 1.85. The van der Waals surface area contributed by atoms with E-state index in [0.717, 1.165) is 11.3 Å². The first kappa shape index (κ1) is 20.8. The molecule has 0 radical (unpaired) electrons. The van der Waals surface area contributed by atoms with Crippen molar-refractivity contribution in [1.29, 1.82) is 0 Å². The van der Waals surface area contributed by atoms with Crippen molar-refractivity contribution < 1.29 is 23.0 Å². The van der Waals surface area contributed by atoms with E-state index in [1.165, 1.54) is 12.1 Å². The van der Waals surface area contributed by atoms with Crippen LogP contribution < -0.4 is 20.1 Å². The summed E-state index contributed by atoms with van der Waals surface area (Å²) in [6.45, 7) is -2.97. The Bertz CT molecular complexity index is 1030. The maximum absolute atomic E-state index is 12.8. The van der Waals surface area contributed by atoms with Gasteiger partial charge in [-0.1, -0.05) is 22.9 Å². The SMILES string of the molecule is COc1ccc(C(=O)c2sc(N(C)c3ccc(OC(F)F)c(Cl)c3)nc2N)cc1. The minimum absolute atomic E-state index is 0.0220. The molecule has 29 heavy (non-hydrogen) atoms. The molecule has 0 aliphatic rings. The summed E-state index contributed by atoms with van der Waals surface area (Å²) in [5.41, 5.74) is 6.97. The Morgan fingerprint density at radius 1 is 1.24 bits per heavy atom. The highest BCUT2D eigenvalue weighted by Crippen LogP contribution is 2.36. The average Bonchev–Trinajstić information content (AvgIpc) is 3.09. The normalized spacial score (nSPS) is 10.8. The predicted octanol–water partition coefficient (Wildman–Crippen LogP) is 4.99. The lowest BCUT2D eigenvalue weighted by Gasteiger charge is -2.17. The number of nitrogens with two attached hydrogens (primary N) is 1. The predicted molar refractivity (Wildman–Crippen MR) is 109 cm³/mol. The van der Waals surface area contributed by atoms with Gasteiger partial charge in [-0.05, 0) is 42.5 Å². The van der Waals surface area contributed by atoms with Crippen molar-refractivity contribution in [1.82, 2.24) is 4.98 Å². The lowest BCUT2D eigenvalue weighted by atomic mass is 10.1. The molecule has 1 heterocycles. The molecule has 0 bridgehead atoms. The minimum atomic E-state index is -2.97. The number of aromatic nitrogens is 1. The van der Waals surface area contributed by atoms with Crippen molar-refractivity contribution in [2.24, 2.45) is 0 Å². The fourth-order valence-corrected chi connectivity index (χ4v) is 3.65. The van der Waals surface area contributed by atoms with Gasteiger partial charge < -0.3 is 20.1 Å². The Morgan fingerprint density at radius 3 is 2.52 bits per heavy atom. The van der Waals surface area contributed by atoms with Gasteiger partial charge in [-0.25, -0.2) is 4.98 Å². The third kappa shape index (κ3) is 4.57. The van der Waals surface area contributed by atoms with Crippen LogP contribution in [0.15, 0.2) is 42.5 Å². The molecular formula is C19H16ClF2N3O3S. The molecule has 0 saturated heterocycles. The van der Waals surface area contributed by atoms with Gasteiger partial charge in [-0.2, -0.15) is 8.78 Å². The minimum Gasteiger partial charge on any atom is -0.497 e. The molecule has 0 amide bonds. The number of methoxy groups -OCH3 is 1. The van der Waals surface area contributed by atoms with Gasteiger partial charge >= 0.3 is 6.61 Å². The summed E-state index contributed by atoms with van der Waals surface area (Å²) in [4.78, 5) is 18.9. The summed E-state index contributed by atoms with van der Waals surface area (Å²) in [5.74, 6) is 0.339. The van der Waals surface area contributed by atoms with E-state index in [2.05, 4.69) is 9.72 Å². The van der Waals surface area contributed by atoms with Gasteiger partial charge in [0.15, 0.2) is 5.13 Å². The average molecular weight is 440 g/mol. The number of nitrogens with zero attached hydrogens (tertiary/aromatic N) is 2. The molecule has 152 valence electrons. The number of thiazole rings is 1. The number of ketones is 1. The highest BCUT2D eigenvalue weighted by molar-refractivity contribution is 7.18. The number of benzene rings is 2. The number of rotatable bonds is 7. The number of halogens is 3. The standard InChI is InChI=1S/C19H16ClF2N3O3S/c1-25(11-5-8-14(13(20)9-11)28-18(21)22)19-24-17(23)16(29-19)15(26)10-3-6-12(27-2)7-4-10/h3-9,18H,23H2,1-2H3. The maximum atomic E-state index is 12.8. The van der Waals surface area contributed by atoms with Crippen molar-refractivity contribution in [3.05, 3.63) is 57.9 Å². The van der Waals surface area contributed by atoms with Gasteiger partial charge in [0.05, 0.1) is 12.1 Å². The Labute approximate surface area is 174 Å². The van der Waals surface area contributed by atoms with Crippen LogP contribution >= 0.6 is 22.9 Å². The van der Waals surface area contributed by atoms with Gasteiger partial charge in [0, 0.05) is 18.3 Å². The Morgan fingerprint density at radius 2 is 1.93 bits per heavy atom. The molecule has 10 heteroatoms. The number of anilines is 3. The molecule has 6 nitrogen and oxygen atoms in total. The zero-order valence-corrected chi connectivity index (χ0v) is 16.9. The number of alkyl halides is 2. The molecule has 0 aliphatic heterocycles. The summed E-state index contributed by atoms with van der Waals surface area (Å²) in [6.07, 6.45) is 0. The second-order valence-corrected chi connectivity index (χ2v) is 7.21. The number of carbonyl (C=O) groups is 1. The van der Waals surface area contributed by atoms with Crippen molar-refractivity contribution >= 4 is 45.4 Å². The fraction of sp³-hybridized carbons (Fsp3) is 0.158. The van der Waals surface area contributed by atoms with Gasteiger partial charge in [0.25, 0.3) is 0 Å². The van der Waals surface area contributed by atoms with Gasteiger partial charge in [0.1, 0.15) is 22.2 Å². The van der Waals surface area contributed by atoms with E-state index in [9.17, 15) is 13.6 Å². The van der Waals surface area contributed by atoms with Crippen LogP contribution in [0.5, 0.6) is 11.5 Å². The molecule has 2 aromatic carbocycles. The molecule has 2 N–H and O–H groups in total. The second kappa shape index (κ2) is 8.62.